The molecule has 0 radical (unpaired) electrons. The molecule has 0 saturated carbocycles. The molecule has 0 bridgehead atoms. The second kappa shape index (κ2) is 5.89. The zero-order valence-corrected chi connectivity index (χ0v) is 11.8. The lowest BCUT2D eigenvalue weighted by Gasteiger charge is -2.07. The number of oxazole rings is 1. The van der Waals surface area contributed by atoms with Crippen LogP contribution in [0.5, 0.6) is 0 Å². The molecule has 0 amide bonds. The number of nitrogen functional groups attached to an aromatic ring is 1. The van der Waals surface area contributed by atoms with Crippen LogP contribution in [-0.4, -0.2) is 21.2 Å². The van der Waals surface area contributed by atoms with E-state index in [1.807, 2.05) is 20.1 Å². The summed E-state index contributed by atoms with van der Waals surface area (Å²) in [5.41, 5.74) is 3.41. The summed E-state index contributed by atoms with van der Waals surface area (Å²) in [6, 6.07) is 1.72. The highest BCUT2D eigenvalue weighted by Gasteiger charge is 2.07. The predicted molar refractivity (Wildman–Crippen MR) is 74.9 cm³/mol. The van der Waals surface area contributed by atoms with Crippen molar-refractivity contribution in [2.45, 2.75) is 25.5 Å². The first-order valence-corrected chi connectivity index (χ1v) is 6.91. The third-order valence-electron chi connectivity index (χ3n) is 2.53. The smallest absolute Gasteiger partial charge is 0.213 e. The van der Waals surface area contributed by atoms with Gasteiger partial charge >= 0.3 is 0 Å². The Bertz CT molecular complexity index is 529. The summed E-state index contributed by atoms with van der Waals surface area (Å²) in [7, 11) is 0. The van der Waals surface area contributed by atoms with E-state index in [1.54, 1.807) is 6.07 Å². The third kappa shape index (κ3) is 3.36. The van der Waals surface area contributed by atoms with Crippen LogP contribution in [0, 0.1) is 13.8 Å². The molecular formula is C11H16N6OS. The molecule has 4 N–H and O–H groups in total. The summed E-state index contributed by atoms with van der Waals surface area (Å²) >= 11 is 1.44. The number of aromatic nitrogens is 3. The molecule has 0 saturated heterocycles. The Hall–Kier alpha value is -1.80. The Balaban J connectivity index is 2.10. The number of rotatable bonds is 5. The predicted octanol–water partition coefficient (Wildman–Crippen LogP) is 1.70. The molecule has 0 aliphatic carbocycles. The highest BCUT2D eigenvalue weighted by Crippen LogP contribution is 2.17. The van der Waals surface area contributed by atoms with Crippen LogP contribution in [-0.2, 0) is 6.54 Å². The number of hydrogen-bond donors (Lipinski definition) is 3. The molecule has 102 valence electrons. The number of thioether (sulfide) groups is 1. The van der Waals surface area contributed by atoms with E-state index in [1.165, 1.54) is 11.8 Å². The van der Waals surface area contributed by atoms with E-state index in [-0.39, 0.29) is 0 Å². The lowest BCUT2D eigenvalue weighted by atomic mass is 10.4. The molecule has 19 heavy (non-hydrogen) atoms. The monoisotopic (exact) mass is 280 g/mol. The van der Waals surface area contributed by atoms with E-state index in [9.17, 15) is 0 Å². The van der Waals surface area contributed by atoms with Crippen molar-refractivity contribution in [3.05, 3.63) is 23.4 Å². The second-order valence-corrected chi connectivity index (χ2v) is 4.65. The van der Waals surface area contributed by atoms with E-state index < -0.39 is 0 Å². The fourth-order valence-corrected chi connectivity index (χ4v) is 1.84. The van der Waals surface area contributed by atoms with Gasteiger partial charge in [0.05, 0.1) is 12.2 Å². The average Bonchev–Trinajstić information content (AvgIpc) is 2.75. The van der Waals surface area contributed by atoms with Gasteiger partial charge in [0.2, 0.25) is 5.89 Å². The molecule has 0 fully saturated rings. The van der Waals surface area contributed by atoms with Gasteiger partial charge < -0.3 is 15.2 Å². The maximum atomic E-state index is 5.49. The first-order valence-electron chi connectivity index (χ1n) is 5.69. The average molecular weight is 280 g/mol. The van der Waals surface area contributed by atoms with E-state index in [0.717, 1.165) is 11.5 Å². The minimum absolute atomic E-state index is 0.462. The van der Waals surface area contributed by atoms with E-state index in [0.29, 0.717) is 29.2 Å². The molecule has 0 unspecified atom stereocenters. The van der Waals surface area contributed by atoms with Crippen molar-refractivity contribution >= 4 is 23.4 Å². The number of aryl methyl sites for hydroxylation is 2. The van der Waals surface area contributed by atoms with Gasteiger partial charge in [0.15, 0.2) is 5.16 Å². The van der Waals surface area contributed by atoms with Crippen LogP contribution in [0.2, 0.25) is 0 Å². The van der Waals surface area contributed by atoms with Crippen molar-refractivity contribution < 1.29 is 4.42 Å². The molecule has 2 aromatic rings. The van der Waals surface area contributed by atoms with Crippen LogP contribution in [0.15, 0.2) is 15.6 Å². The van der Waals surface area contributed by atoms with Crippen LogP contribution in [0.4, 0.5) is 11.6 Å². The third-order valence-corrected chi connectivity index (χ3v) is 3.08. The van der Waals surface area contributed by atoms with Gasteiger partial charge in [-0.3, -0.25) is 0 Å². The number of anilines is 2. The second-order valence-electron chi connectivity index (χ2n) is 3.87. The lowest BCUT2D eigenvalue weighted by Crippen LogP contribution is -2.11. The quantitative estimate of drug-likeness (QED) is 0.329. The number of nitrogens with zero attached hydrogens (tertiary/aromatic N) is 3. The Labute approximate surface area is 115 Å². The summed E-state index contributed by atoms with van der Waals surface area (Å²) < 4.78 is 5.49. The van der Waals surface area contributed by atoms with Crippen LogP contribution < -0.4 is 16.6 Å². The lowest BCUT2D eigenvalue weighted by molar-refractivity contribution is 0.478. The zero-order chi connectivity index (χ0) is 13.8. The Morgan fingerprint density at radius 2 is 2.00 bits per heavy atom. The molecule has 7 nitrogen and oxygen atoms in total. The number of nitrogens with two attached hydrogens (primary N) is 1. The molecular weight excluding hydrogens is 264 g/mol. The maximum absolute atomic E-state index is 5.49. The van der Waals surface area contributed by atoms with Crippen molar-refractivity contribution in [2.75, 3.05) is 17.0 Å². The normalized spacial score (nSPS) is 10.5. The summed E-state index contributed by atoms with van der Waals surface area (Å²) in [4.78, 5) is 12.8. The van der Waals surface area contributed by atoms with Gasteiger partial charge in [0.1, 0.15) is 17.4 Å². The fourth-order valence-electron chi connectivity index (χ4n) is 1.46. The summed E-state index contributed by atoms with van der Waals surface area (Å²) in [5.74, 6) is 8.04. The van der Waals surface area contributed by atoms with Crippen molar-refractivity contribution in [1.82, 2.24) is 15.0 Å². The first kappa shape index (κ1) is 13.6. The van der Waals surface area contributed by atoms with Crippen molar-refractivity contribution in [1.29, 1.82) is 0 Å². The van der Waals surface area contributed by atoms with Crippen LogP contribution in [0.3, 0.4) is 0 Å². The minimum Gasteiger partial charge on any atom is -0.444 e. The van der Waals surface area contributed by atoms with Gasteiger partial charge in [0, 0.05) is 6.07 Å². The van der Waals surface area contributed by atoms with Gasteiger partial charge in [-0.2, -0.15) is 0 Å². The van der Waals surface area contributed by atoms with Crippen LogP contribution in [0.1, 0.15) is 17.3 Å². The minimum atomic E-state index is 0.462. The van der Waals surface area contributed by atoms with Crippen LogP contribution >= 0.6 is 11.8 Å². The highest BCUT2D eigenvalue weighted by molar-refractivity contribution is 7.98. The Morgan fingerprint density at radius 1 is 1.26 bits per heavy atom. The summed E-state index contributed by atoms with van der Waals surface area (Å²) in [6.45, 7) is 4.26. The molecule has 0 atom stereocenters. The molecule has 8 heteroatoms. The van der Waals surface area contributed by atoms with Crippen molar-refractivity contribution in [3.8, 4) is 0 Å². The molecule has 2 rings (SSSR count). The Kier molecular flexibility index (Phi) is 4.23. The summed E-state index contributed by atoms with van der Waals surface area (Å²) in [6.07, 6.45) is 1.90. The number of hydrazine groups is 1. The zero-order valence-electron chi connectivity index (χ0n) is 11.0. The van der Waals surface area contributed by atoms with Gasteiger partial charge in [-0.15, -0.1) is 0 Å². The van der Waals surface area contributed by atoms with E-state index in [4.69, 9.17) is 10.3 Å². The first-order chi connectivity index (χ1) is 9.12. The molecule has 2 aromatic heterocycles. The molecule has 0 aliphatic heterocycles. The van der Waals surface area contributed by atoms with E-state index in [2.05, 4.69) is 25.7 Å². The van der Waals surface area contributed by atoms with Gasteiger partial charge in [-0.05, 0) is 20.1 Å². The maximum Gasteiger partial charge on any atom is 0.213 e. The largest absolute Gasteiger partial charge is 0.444 e. The van der Waals surface area contributed by atoms with Crippen molar-refractivity contribution in [3.63, 3.8) is 0 Å². The summed E-state index contributed by atoms with van der Waals surface area (Å²) in [5, 5.41) is 3.77. The SMILES string of the molecule is CSc1nc(NN)cc(NCc2nc(C)c(C)o2)n1. The fraction of sp³-hybridized carbons (Fsp3) is 0.364. The molecule has 0 aromatic carbocycles. The standard InChI is InChI=1S/C11H16N6OS/c1-6-7(2)18-10(14-6)5-13-8-4-9(17-12)16-11(15-8)19-3/h4H,5,12H2,1-3H3,(H2,13,15,16,17). The number of hydrogen-bond acceptors (Lipinski definition) is 8. The molecule has 0 aliphatic rings. The van der Waals surface area contributed by atoms with Gasteiger partial charge in [-0.1, -0.05) is 11.8 Å². The van der Waals surface area contributed by atoms with Crippen molar-refractivity contribution in [2.24, 2.45) is 5.84 Å². The van der Waals surface area contributed by atoms with Gasteiger partial charge in [0.25, 0.3) is 0 Å². The van der Waals surface area contributed by atoms with Crippen LogP contribution in [0.25, 0.3) is 0 Å². The highest BCUT2D eigenvalue weighted by atomic mass is 32.2. The topological polar surface area (TPSA) is 102 Å². The van der Waals surface area contributed by atoms with E-state index >= 15 is 0 Å². The molecule has 2 heterocycles. The Morgan fingerprint density at radius 3 is 2.58 bits per heavy atom. The molecule has 0 spiro atoms. The number of nitrogens with one attached hydrogen (secondary N) is 2. The van der Waals surface area contributed by atoms with Gasteiger partial charge in [-0.25, -0.2) is 20.8 Å².